The lowest BCUT2D eigenvalue weighted by atomic mass is 9.65. The van der Waals surface area contributed by atoms with Gasteiger partial charge < -0.3 is 39.0 Å². The maximum atomic E-state index is 16.6. The topological polar surface area (TPSA) is 187 Å². The molecule has 3 fully saturated rings. The molecule has 4 aliphatic heterocycles. The summed E-state index contributed by atoms with van der Waals surface area (Å²) in [4.78, 5) is 68.0. The lowest BCUT2D eigenvalue weighted by molar-refractivity contribution is -0.177. The highest BCUT2D eigenvalue weighted by Crippen LogP contribution is 2.66. The van der Waals surface area contributed by atoms with Crippen molar-refractivity contribution in [1.82, 2.24) is 19.9 Å². The fraction of sp³-hybridized carbons (Fsp3) is 0.276. The predicted octanol–water partition coefficient (Wildman–Crippen LogP) is 6.78. The van der Waals surface area contributed by atoms with Gasteiger partial charge in [-0.2, -0.15) is 0 Å². The summed E-state index contributed by atoms with van der Waals surface area (Å²) < 4.78 is 30.7. The number of carbonyl (C=O) groups excluding carboxylic acids is 4. The van der Waals surface area contributed by atoms with Crippen LogP contribution in [0.1, 0.15) is 46.0 Å². The molecule has 6 aromatic carbocycles. The van der Waals surface area contributed by atoms with Gasteiger partial charge in [0.1, 0.15) is 48.6 Å². The number of imide groups is 1. The van der Waals surface area contributed by atoms with Gasteiger partial charge in [-0.1, -0.05) is 102 Å². The SMILES string of the molecule is COCCOC(=O)N1C(=O)[C@@]2(c3cc(C#CCn4nnc5ccccc54)ccc31)[C@H](c1ccc(OCCO)cc1)N1[C@H](c3ccccc3)[C@H](c3ccccc3)OC(=O)[C@H]1[C@@H]2C(=O)Nc1ccc(N2CCOCC2)cc1. The normalized spacial score (nSPS) is 22.0. The van der Waals surface area contributed by atoms with Crippen LogP contribution in [0.2, 0.25) is 0 Å². The summed E-state index contributed by atoms with van der Waals surface area (Å²) in [5, 5.41) is 21.4. The van der Waals surface area contributed by atoms with E-state index in [9.17, 15) is 9.90 Å². The quantitative estimate of drug-likeness (QED) is 0.0700. The molecule has 0 radical (unpaired) electrons. The number of cyclic esters (lactones) is 1. The second-order valence-corrected chi connectivity index (χ2v) is 18.6. The molecule has 0 aliphatic carbocycles. The number of hydrogen-bond donors (Lipinski definition) is 2. The van der Waals surface area contributed by atoms with Crippen molar-refractivity contribution in [2.24, 2.45) is 5.92 Å². The Labute approximate surface area is 432 Å². The van der Waals surface area contributed by atoms with Gasteiger partial charge in [-0.15, -0.1) is 5.10 Å². The third-order valence-corrected chi connectivity index (χ3v) is 14.4. The highest BCUT2D eigenvalue weighted by atomic mass is 16.6. The van der Waals surface area contributed by atoms with E-state index in [-0.39, 0.29) is 44.2 Å². The number of morpholine rings is 2. The Balaban J connectivity index is 1.14. The Kier molecular flexibility index (Phi) is 13.8. The van der Waals surface area contributed by atoms with E-state index in [2.05, 4.69) is 32.4 Å². The van der Waals surface area contributed by atoms with Crippen molar-refractivity contribution in [3.63, 3.8) is 0 Å². The van der Waals surface area contributed by atoms with Crippen molar-refractivity contribution >= 4 is 52.0 Å². The number of nitrogens with zero attached hydrogens (tertiary/aromatic N) is 6. The van der Waals surface area contributed by atoms with Crippen LogP contribution in [0.4, 0.5) is 21.9 Å². The Bertz CT molecular complexity index is 3280. The summed E-state index contributed by atoms with van der Waals surface area (Å²) >= 11 is 0. The van der Waals surface area contributed by atoms with E-state index < -0.39 is 59.4 Å². The van der Waals surface area contributed by atoms with Gasteiger partial charge in [0.05, 0.1) is 55.6 Å². The highest BCUT2D eigenvalue weighted by Gasteiger charge is 2.76. The number of anilines is 3. The standard InChI is InChI=1S/C58H53N7O10/c1-71-35-36-74-57(70)64-47-27-18-38(11-10-28-63-48-17-9-8-16-46(48)60-61-63)37-45(47)58(56(64)69)49(54(67)59-42-21-23-43(24-22-42)62-29-32-72-33-30-62)51-55(68)75-52(40-14-6-3-7-15-40)50(39-12-4-2-5-13-39)65(51)53(58)41-19-25-44(26-20-41)73-34-31-66/h2-9,12-27,37,49-53,66H,28-36H2,1H3,(H,59,67)/t49-,50-,51-,52+,53+,58-/m1/s1. The maximum Gasteiger partial charge on any atom is 0.421 e. The molecule has 3 amide bonds. The molecule has 2 N–H and O–H groups in total. The number of esters is 1. The van der Waals surface area contributed by atoms with Gasteiger partial charge in [0.25, 0.3) is 0 Å². The van der Waals surface area contributed by atoms with Gasteiger partial charge >= 0.3 is 12.1 Å². The van der Waals surface area contributed by atoms with Crippen molar-refractivity contribution in [2.45, 2.75) is 36.2 Å². The first kappa shape index (κ1) is 48.8. The van der Waals surface area contributed by atoms with E-state index in [0.717, 1.165) is 21.7 Å². The molecule has 0 saturated carbocycles. The monoisotopic (exact) mass is 1010 g/mol. The zero-order valence-electron chi connectivity index (χ0n) is 41.0. The van der Waals surface area contributed by atoms with Crippen molar-refractivity contribution in [3.8, 4) is 17.6 Å². The number of aromatic nitrogens is 3. The second-order valence-electron chi connectivity index (χ2n) is 18.6. The Morgan fingerprint density at radius 1 is 0.800 bits per heavy atom. The first-order chi connectivity index (χ1) is 36.8. The number of hydrogen-bond acceptors (Lipinski definition) is 14. The largest absolute Gasteiger partial charge is 0.491 e. The van der Waals surface area contributed by atoms with Gasteiger partial charge in [-0.25, -0.2) is 14.4 Å². The van der Waals surface area contributed by atoms with E-state index >= 15 is 14.4 Å². The Hall–Kier alpha value is -8.40. The minimum Gasteiger partial charge on any atom is -0.491 e. The third-order valence-electron chi connectivity index (χ3n) is 14.4. The van der Waals surface area contributed by atoms with E-state index in [4.69, 9.17) is 23.7 Å². The summed E-state index contributed by atoms with van der Waals surface area (Å²) in [6.45, 7) is 2.42. The predicted molar refractivity (Wildman–Crippen MR) is 277 cm³/mol. The van der Waals surface area contributed by atoms with Crippen molar-refractivity contribution < 1.29 is 48.0 Å². The first-order valence-corrected chi connectivity index (χ1v) is 24.9. The second kappa shape index (κ2) is 21.2. The van der Waals surface area contributed by atoms with Crippen molar-refractivity contribution in [3.05, 3.63) is 179 Å². The number of nitrogens with one attached hydrogen (secondary N) is 1. The molecule has 1 aromatic heterocycles. The number of para-hydroxylation sites is 1. The van der Waals surface area contributed by atoms with Crippen LogP contribution >= 0.6 is 0 Å². The van der Waals surface area contributed by atoms with Gasteiger partial charge in [-0.3, -0.25) is 19.3 Å². The van der Waals surface area contributed by atoms with Crippen LogP contribution in [-0.2, 0) is 45.3 Å². The molecule has 0 unspecified atom stereocenters. The van der Waals surface area contributed by atoms with Crippen LogP contribution in [0.3, 0.4) is 0 Å². The van der Waals surface area contributed by atoms with Crippen LogP contribution in [0.5, 0.6) is 5.75 Å². The number of amides is 3. The van der Waals surface area contributed by atoms with E-state index in [1.165, 1.54) is 7.11 Å². The van der Waals surface area contributed by atoms with E-state index in [1.54, 1.807) is 59.3 Å². The summed E-state index contributed by atoms with van der Waals surface area (Å²) in [5.41, 5.74) is 3.62. The first-order valence-electron chi connectivity index (χ1n) is 24.9. The molecule has 75 heavy (non-hydrogen) atoms. The summed E-state index contributed by atoms with van der Waals surface area (Å²) in [6, 6.07) is 42.5. The minimum atomic E-state index is -2.08. The van der Waals surface area contributed by atoms with E-state index in [0.29, 0.717) is 59.9 Å². The highest BCUT2D eigenvalue weighted by molar-refractivity contribution is 6.24. The van der Waals surface area contributed by atoms with Gasteiger partial charge in [0.15, 0.2) is 0 Å². The molecule has 380 valence electrons. The van der Waals surface area contributed by atoms with Crippen molar-refractivity contribution in [2.75, 3.05) is 75.0 Å². The fourth-order valence-corrected chi connectivity index (χ4v) is 11.2. The van der Waals surface area contributed by atoms with Gasteiger partial charge in [0, 0.05) is 37.1 Å². The zero-order chi connectivity index (χ0) is 51.5. The van der Waals surface area contributed by atoms with Crippen LogP contribution in [0.15, 0.2) is 152 Å². The molecular weight excluding hydrogens is 955 g/mol. The smallest absolute Gasteiger partial charge is 0.421 e. The van der Waals surface area contributed by atoms with E-state index in [1.807, 2.05) is 102 Å². The van der Waals surface area contributed by atoms with Crippen molar-refractivity contribution in [1.29, 1.82) is 0 Å². The number of fused-ring (bicyclic) bond motifs is 4. The lowest BCUT2D eigenvalue weighted by Gasteiger charge is -2.46. The number of ether oxygens (including phenoxy) is 5. The summed E-state index contributed by atoms with van der Waals surface area (Å²) in [5.74, 6) is 3.14. The summed E-state index contributed by atoms with van der Waals surface area (Å²) in [6.07, 6.45) is -1.93. The van der Waals surface area contributed by atoms with Crippen LogP contribution in [0.25, 0.3) is 11.0 Å². The number of rotatable bonds is 13. The average molecular weight is 1010 g/mol. The third kappa shape index (κ3) is 9.01. The lowest BCUT2D eigenvalue weighted by Crippen LogP contribution is -2.54. The summed E-state index contributed by atoms with van der Waals surface area (Å²) in [7, 11) is 1.47. The molecule has 7 aromatic rings. The van der Waals surface area contributed by atoms with Crippen LogP contribution < -0.4 is 19.9 Å². The van der Waals surface area contributed by atoms with Crippen LogP contribution in [-0.4, -0.2) is 115 Å². The zero-order valence-corrected chi connectivity index (χ0v) is 41.0. The number of aliphatic hydroxyl groups excluding tert-OH is 1. The molecule has 3 saturated heterocycles. The molecule has 6 atom stereocenters. The average Bonchev–Trinajstić information content (AvgIpc) is 4.28. The van der Waals surface area contributed by atoms with Crippen LogP contribution in [0, 0.1) is 17.8 Å². The molecule has 4 aliphatic rings. The Morgan fingerprint density at radius 3 is 2.25 bits per heavy atom. The molecule has 17 nitrogen and oxygen atoms in total. The maximum absolute atomic E-state index is 16.6. The molecule has 17 heteroatoms. The van der Waals surface area contributed by atoms with Gasteiger partial charge in [-0.05, 0) is 89.0 Å². The number of methoxy groups -OCH3 is 1. The molecule has 5 heterocycles. The molecule has 1 spiro atoms. The number of aliphatic hydroxyl groups is 1. The number of benzene rings is 6. The molecular formula is C58H53N7O10. The number of carbonyl (C=O) groups is 4. The minimum absolute atomic E-state index is 0.0280. The molecule has 0 bridgehead atoms. The fourth-order valence-electron chi connectivity index (χ4n) is 11.2. The Morgan fingerprint density at radius 2 is 1.52 bits per heavy atom. The van der Waals surface area contributed by atoms with Gasteiger partial charge in [0.2, 0.25) is 11.8 Å². The molecule has 11 rings (SSSR count).